The number of rotatable bonds is 10. The van der Waals surface area contributed by atoms with Crippen LogP contribution in [0.1, 0.15) is 54.5 Å². The van der Waals surface area contributed by atoms with Gasteiger partial charge in [-0.2, -0.15) is 15.0 Å². The van der Waals surface area contributed by atoms with Crippen LogP contribution in [0.2, 0.25) is 5.02 Å². The van der Waals surface area contributed by atoms with E-state index in [4.69, 9.17) is 26.1 Å². The standard InChI is InChI=1S/C35H30ClN5O5/c1-5-45-32-14-22(4)28(17-27(32)21(2)3)34-39-30-13-9-8-12-26(30)35(42)40(34)38-19-23-15-29(36)33(31(16-23)41(43)44)46-20-25-11-7-6-10-24(25)18-37/h6-17,19,21H,5,20H2,1-4H3. The summed E-state index contributed by atoms with van der Waals surface area (Å²) in [5.41, 5.74) is 3.39. The van der Waals surface area contributed by atoms with Gasteiger partial charge in [0.1, 0.15) is 12.4 Å². The Bertz CT molecular complexity index is 2100. The summed E-state index contributed by atoms with van der Waals surface area (Å²) in [5.74, 6) is 1.05. The highest BCUT2D eigenvalue weighted by Gasteiger charge is 2.22. The quantitative estimate of drug-likeness (QED) is 0.0869. The monoisotopic (exact) mass is 635 g/mol. The fraction of sp³-hybridized carbons (Fsp3) is 0.200. The number of nitriles is 1. The number of fused-ring (bicyclic) bond motifs is 1. The van der Waals surface area contributed by atoms with Gasteiger partial charge < -0.3 is 9.47 Å². The van der Waals surface area contributed by atoms with Gasteiger partial charge in [-0.25, -0.2) is 4.98 Å². The van der Waals surface area contributed by atoms with E-state index in [9.17, 15) is 20.2 Å². The molecule has 0 fully saturated rings. The van der Waals surface area contributed by atoms with E-state index < -0.39 is 16.2 Å². The van der Waals surface area contributed by atoms with E-state index in [1.54, 1.807) is 48.5 Å². The van der Waals surface area contributed by atoms with Gasteiger partial charge in [-0.3, -0.25) is 14.9 Å². The molecule has 0 bridgehead atoms. The number of para-hydroxylation sites is 1. The van der Waals surface area contributed by atoms with Gasteiger partial charge in [0.05, 0.1) is 45.3 Å². The summed E-state index contributed by atoms with van der Waals surface area (Å²) in [6, 6.07) is 22.5. The van der Waals surface area contributed by atoms with Gasteiger partial charge in [0, 0.05) is 22.8 Å². The van der Waals surface area contributed by atoms with Crippen LogP contribution in [0.4, 0.5) is 5.69 Å². The molecule has 1 heterocycles. The van der Waals surface area contributed by atoms with E-state index >= 15 is 0 Å². The van der Waals surface area contributed by atoms with Crippen molar-refractivity contribution in [1.82, 2.24) is 9.66 Å². The number of ether oxygens (including phenoxy) is 2. The SMILES string of the molecule is CCOc1cc(C)c(-c2nc3ccccc3c(=O)n2N=Cc2cc(Cl)c(OCc3ccccc3C#N)c([N+](=O)[O-])c2)cc1C(C)C. The maximum atomic E-state index is 13.8. The van der Waals surface area contributed by atoms with Crippen molar-refractivity contribution in [2.24, 2.45) is 5.10 Å². The Hall–Kier alpha value is -5.53. The minimum absolute atomic E-state index is 0.0294. The Balaban J connectivity index is 1.61. The predicted octanol–water partition coefficient (Wildman–Crippen LogP) is 7.79. The van der Waals surface area contributed by atoms with Crippen LogP contribution in [-0.4, -0.2) is 27.4 Å². The third kappa shape index (κ3) is 6.46. The van der Waals surface area contributed by atoms with Crippen molar-refractivity contribution < 1.29 is 14.4 Å². The third-order valence-electron chi connectivity index (χ3n) is 7.35. The lowest BCUT2D eigenvalue weighted by atomic mass is 9.96. The molecule has 46 heavy (non-hydrogen) atoms. The van der Waals surface area contributed by atoms with Crippen molar-refractivity contribution in [3.8, 4) is 29.0 Å². The summed E-state index contributed by atoms with van der Waals surface area (Å²) in [7, 11) is 0. The third-order valence-corrected chi connectivity index (χ3v) is 7.63. The van der Waals surface area contributed by atoms with Crippen LogP contribution in [-0.2, 0) is 6.61 Å². The average molecular weight is 636 g/mol. The Morgan fingerprint density at radius 1 is 1.11 bits per heavy atom. The second kappa shape index (κ2) is 13.6. The van der Waals surface area contributed by atoms with Gasteiger partial charge in [-0.05, 0) is 67.3 Å². The molecule has 0 spiro atoms. The molecule has 5 rings (SSSR count). The lowest BCUT2D eigenvalue weighted by Gasteiger charge is -2.18. The summed E-state index contributed by atoms with van der Waals surface area (Å²) in [5, 5.41) is 26.3. The van der Waals surface area contributed by atoms with Gasteiger partial charge in [-0.1, -0.05) is 55.8 Å². The van der Waals surface area contributed by atoms with E-state index in [1.165, 1.54) is 23.0 Å². The number of benzene rings is 4. The molecular formula is C35H30ClN5O5. The molecule has 0 N–H and O–H groups in total. The first-order chi connectivity index (χ1) is 22.1. The molecule has 0 aliphatic heterocycles. The molecule has 232 valence electrons. The fourth-order valence-electron chi connectivity index (χ4n) is 5.06. The minimum atomic E-state index is -0.610. The zero-order valence-corrected chi connectivity index (χ0v) is 26.4. The zero-order valence-electron chi connectivity index (χ0n) is 25.7. The van der Waals surface area contributed by atoms with E-state index in [0.717, 1.165) is 16.9 Å². The van der Waals surface area contributed by atoms with Crippen LogP contribution in [0, 0.1) is 28.4 Å². The second-order valence-corrected chi connectivity index (χ2v) is 11.2. The summed E-state index contributed by atoms with van der Waals surface area (Å²) < 4.78 is 12.8. The number of hydrogen-bond donors (Lipinski definition) is 0. The molecule has 11 heteroatoms. The van der Waals surface area contributed by atoms with Crippen molar-refractivity contribution in [2.45, 2.75) is 40.2 Å². The molecule has 0 aliphatic carbocycles. The zero-order chi connectivity index (χ0) is 33.0. The normalized spacial score (nSPS) is 11.2. The van der Waals surface area contributed by atoms with E-state index in [-0.39, 0.29) is 28.9 Å². The summed E-state index contributed by atoms with van der Waals surface area (Å²) in [6.45, 7) is 8.36. The molecule has 4 aromatic carbocycles. The number of hydrogen-bond acceptors (Lipinski definition) is 8. The highest BCUT2D eigenvalue weighted by molar-refractivity contribution is 6.32. The molecule has 0 aliphatic rings. The first-order valence-corrected chi connectivity index (χ1v) is 14.9. The molecule has 5 aromatic rings. The smallest absolute Gasteiger partial charge is 0.313 e. The fourth-order valence-corrected chi connectivity index (χ4v) is 5.34. The number of aryl methyl sites for hydroxylation is 1. The van der Waals surface area contributed by atoms with E-state index in [0.29, 0.717) is 40.0 Å². The molecule has 0 unspecified atom stereocenters. The Labute approximate surface area is 270 Å². The minimum Gasteiger partial charge on any atom is -0.494 e. The highest BCUT2D eigenvalue weighted by atomic mass is 35.5. The van der Waals surface area contributed by atoms with E-state index in [2.05, 4.69) is 25.0 Å². The molecule has 0 radical (unpaired) electrons. The van der Waals surface area contributed by atoms with Gasteiger partial charge in [0.15, 0.2) is 5.82 Å². The largest absolute Gasteiger partial charge is 0.494 e. The van der Waals surface area contributed by atoms with E-state index in [1.807, 2.05) is 26.0 Å². The number of nitrogens with zero attached hydrogens (tertiary/aromatic N) is 5. The maximum absolute atomic E-state index is 13.8. The average Bonchev–Trinajstić information content (AvgIpc) is 3.03. The van der Waals surface area contributed by atoms with Crippen molar-refractivity contribution >= 4 is 34.4 Å². The van der Waals surface area contributed by atoms with Crippen LogP contribution >= 0.6 is 11.6 Å². The molecule has 0 amide bonds. The Kier molecular flexibility index (Phi) is 9.45. The van der Waals surface area contributed by atoms with Gasteiger partial charge in [-0.15, -0.1) is 0 Å². The Morgan fingerprint density at radius 3 is 2.57 bits per heavy atom. The van der Waals surface area contributed by atoms with Crippen LogP contribution < -0.4 is 15.0 Å². The summed E-state index contributed by atoms with van der Waals surface area (Å²) in [6.07, 6.45) is 1.32. The van der Waals surface area contributed by atoms with Crippen molar-refractivity contribution in [2.75, 3.05) is 6.61 Å². The molecule has 1 aromatic heterocycles. The van der Waals surface area contributed by atoms with Gasteiger partial charge in [0.2, 0.25) is 5.75 Å². The number of nitro groups is 1. The molecular weight excluding hydrogens is 606 g/mol. The van der Waals surface area contributed by atoms with Gasteiger partial charge in [0.25, 0.3) is 5.56 Å². The van der Waals surface area contributed by atoms with Crippen LogP contribution in [0.15, 0.2) is 82.7 Å². The summed E-state index contributed by atoms with van der Waals surface area (Å²) in [4.78, 5) is 30.1. The van der Waals surface area contributed by atoms with Crippen LogP contribution in [0.5, 0.6) is 11.5 Å². The number of halogens is 1. The lowest BCUT2D eigenvalue weighted by molar-refractivity contribution is -0.385. The first kappa shape index (κ1) is 31.9. The highest BCUT2D eigenvalue weighted by Crippen LogP contribution is 2.37. The molecule has 0 atom stereocenters. The molecule has 0 saturated heterocycles. The van der Waals surface area contributed by atoms with Crippen LogP contribution in [0.3, 0.4) is 0 Å². The van der Waals surface area contributed by atoms with Crippen LogP contribution in [0.25, 0.3) is 22.3 Å². The second-order valence-electron chi connectivity index (χ2n) is 10.8. The number of nitro benzene ring substituents is 1. The maximum Gasteiger partial charge on any atom is 0.313 e. The molecule has 10 nitrogen and oxygen atoms in total. The van der Waals surface area contributed by atoms with Crippen molar-refractivity contribution in [3.05, 3.63) is 126 Å². The summed E-state index contributed by atoms with van der Waals surface area (Å²) >= 11 is 6.50. The topological polar surface area (TPSA) is 133 Å². The van der Waals surface area contributed by atoms with Crippen molar-refractivity contribution in [3.63, 3.8) is 0 Å². The van der Waals surface area contributed by atoms with Crippen molar-refractivity contribution in [1.29, 1.82) is 5.26 Å². The first-order valence-electron chi connectivity index (χ1n) is 14.6. The molecule has 0 saturated carbocycles. The number of aromatic nitrogens is 2. The predicted molar refractivity (Wildman–Crippen MR) is 178 cm³/mol. The Morgan fingerprint density at radius 2 is 1.85 bits per heavy atom. The van der Waals surface area contributed by atoms with Gasteiger partial charge >= 0.3 is 5.69 Å². The lowest BCUT2D eigenvalue weighted by Crippen LogP contribution is -2.21.